The van der Waals surface area contributed by atoms with Crippen molar-refractivity contribution in [1.29, 1.82) is 0 Å². The van der Waals surface area contributed by atoms with Crippen LogP contribution in [0.1, 0.15) is 17.7 Å². The summed E-state index contributed by atoms with van der Waals surface area (Å²) in [6, 6.07) is 3.92. The Morgan fingerprint density at radius 3 is 2.94 bits per heavy atom. The molecule has 4 nitrogen and oxygen atoms in total. The summed E-state index contributed by atoms with van der Waals surface area (Å²) >= 11 is 7.43. The van der Waals surface area contributed by atoms with Crippen LogP contribution in [0.2, 0.25) is 4.34 Å². The van der Waals surface area contributed by atoms with Gasteiger partial charge in [-0.3, -0.25) is 10.2 Å². The molecule has 16 heavy (non-hydrogen) atoms. The second-order valence-corrected chi connectivity index (χ2v) is 5.41. The molecule has 1 heterocycles. The fourth-order valence-corrected chi connectivity index (χ4v) is 2.53. The molecule has 90 valence electrons. The van der Waals surface area contributed by atoms with Gasteiger partial charge < -0.3 is 4.90 Å². The van der Waals surface area contributed by atoms with Gasteiger partial charge in [0, 0.05) is 17.8 Å². The highest BCUT2D eigenvalue weighted by Gasteiger charge is 2.04. The van der Waals surface area contributed by atoms with Crippen molar-refractivity contribution >= 4 is 28.8 Å². The molecular formula is C10H16ClN3OS. The summed E-state index contributed by atoms with van der Waals surface area (Å²) < 4.78 is 0.811. The van der Waals surface area contributed by atoms with E-state index < -0.39 is 0 Å². The van der Waals surface area contributed by atoms with Gasteiger partial charge in [-0.15, -0.1) is 11.3 Å². The normalized spacial score (nSPS) is 10.8. The monoisotopic (exact) mass is 261 g/mol. The number of nitrogens with zero attached hydrogens (tertiary/aromatic N) is 1. The van der Waals surface area contributed by atoms with E-state index in [1.807, 2.05) is 19.2 Å². The maximum atomic E-state index is 10.9. The first-order valence-electron chi connectivity index (χ1n) is 5.04. The zero-order chi connectivity index (χ0) is 12.0. The van der Waals surface area contributed by atoms with Crippen LogP contribution in [0.4, 0.5) is 0 Å². The van der Waals surface area contributed by atoms with Crippen molar-refractivity contribution in [2.45, 2.75) is 19.4 Å². The summed E-state index contributed by atoms with van der Waals surface area (Å²) in [5, 5.41) is 0. The van der Waals surface area contributed by atoms with Crippen LogP contribution in [-0.4, -0.2) is 24.4 Å². The van der Waals surface area contributed by atoms with Crippen LogP contribution in [-0.2, 0) is 11.3 Å². The molecule has 0 atom stereocenters. The van der Waals surface area contributed by atoms with Crippen molar-refractivity contribution in [2.24, 2.45) is 5.84 Å². The Balaban J connectivity index is 2.20. The number of amides is 1. The molecule has 0 aliphatic rings. The number of carbonyl (C=O) groups is 1. The standard InChI is InChI=1S/C10H16ClN3OS/c1-14(6-2-3-10(15)13-12)7-8-4-5-9(11)16-8/h4-5H,2-3,6-7,12H2,1H3,(H,13,15). The van der Waals surface area contributed by atoms with Gasteiger partial charge in [-0.25, -0.2) is 5.84 Å². The summed E-state index contributed by atoms with van der Waals surface area (Å²) in [5.41, 5.74) is 2.12. The quantitative estimate of drug-likeness (QED) is 0.465. The minimum Gasteiger partial charge on any atom is -0.301 e. The van der Waals surface area contributed by atoms with Crippen LogP contribution in [0.25, 0.3) is 0 Å². The molecule has 0 saturated carbocycles. The molecule has 1 rings (SSSR count). The van der Waals surface area contributed by atoms with Crippen LogP contribution in [0.15, 0.2) is 12.1 Å². The Morgan fingerprint density at radius 2 is 2.38 bits per heavy atom. The van der Waals surface area contributed by atoms with Gasteiger partial charge in [-0.1, -0.05) is 11.6 Å². The van der Waals surface area contributed by atoms with Crippen LogP contribution in [0.5, 0.6) is 0 Å². The molecule has 0 bridgehead atoms. The van der Waals surface area contributed by atoms with E-state index in [1.54, 1.807) is 11.3 Å². The van der Waals surface area contributed by atoms with E-state index in [-0.39, 0.29) is 5.91 Å². The predicted molar refractivity (Wildman–Crippen MR) is 67.2 cm³/mol. The van der Waals surface area contributed by atoms with E-state index in [4.69, 9.17) is 17.4 Å². The van der Waals surface area contributed by atoms with Gasteiger partial charge in [0.1, 0.15) is 0 Å². The molecule has 0 aliphatic heterocycles. The number of thiophene rings is 1. The minimum absolute atomic E-state index is 0.118. The van der Waals surface area contributed by atoms with Gasteiger partial charge >= 0.3 is 0 Å². The molecule has 0 unspecified atom stereocenters. The van der Waals surface area contributed by atoms with Crippen LogP contribution < -0.4 is 11.3 Å². The minimum atomic E-state index is -0.118. The van der Waals surface area contributed by atoms with Crippen molar-refractivity contribution in [3.8, 4) is 0 Å². The predicted octanol–water partition coefficient (Wildman–Crippen LogP) is 1.60. The lowest BCUT2D eigenvalue weighted by atomic mass is 10.3. The third-order valence-corrected chi connectivity index (χ3v) is 3.38. The van der Waals surface area contributed by atoms with Gasteiger partial charge in [0.15, 0.2) is 0 Å². The molecule has 0 aromatic carbocycles. The maximum absolute atomic E-state index is 10.9. The summed E-state index contributed by atoms with van der Waals surface area (Å²) in [5.74, 6) is 4.87. The lowest BCUT2D eigenvalue weighted by Crippen LogP contribution is -2.30. The smallest absolute Gasteiger partial charge is 0.233 e. The second-order valence-electron chi connectivity index (χ2n) is 3.61. The lowest BCUT2D eigenvalue weighted by molar-refractivity contribution is -0.121. The van der Waals surface area contributed by atoms with Crippen LogP contribution >= 0.6 is 22.9 Å². The van der Waals surface area contributed by atoms with E-state index in [2.05, 4.69) is 10.3 Å². The fraction of sp³-hybridized carbons (Fsp3) is 0.500. The Labute approximate surface area is 104 Å². The maximum Gasteiger partial charge on any atom is 0.233 e. The summed E-state index contributed by atoms with van der Waals surface area (Å²) in [7, 11) is 2.02. The Bertz CT molecular complexity index is 343. The molecule has 0 spiro atoms. The zero-order valence-electron chi connectivity index (χ0n) is 9.20. The number of hydrazine groups is 1. The first-order chi connectivity index (χ1) is 7.61. The third-order valence-electron chi connectivity index (χ3n) is 2.16. The van der Waals surface area contributed by atoms with Crippen LogP contribution in [0.3, 0.4) is 0 Å². The number of hydrogen-bond donors (Lipinski definition) is 2. The Kier molecular flexibility index (Phi) is 5.76. The average Bonchev–Trinajstić information content (AvgIpc) is 2.63. The van der Waals surface area contributed by atoms with Crippen molar-refractivity contribution in [2.75, 3.05) is 13.6 Å². The molecule has 1 aromatic rings. The van der Waals surface area contributed by atoms with E-state index in [0.29, 0.717) is 6.42 Å². The van der Waals surface area contributed by atoms with Crippen LogP contribution in [0, 0.1) is 0 Å². The lowest BCUT2D eigenvalue weighted by Gasteiger charge is -2.14. The van der Waals surface area contributed by atoms with Crippen molar-refractivity contribution in [3.63, 3.8) is 0 Å². The SMILES string of the molecule is CN(CCCC(=O)NN)Cc1ccc(Cl)s1. The summed E-state index contributed by atoms with van der Waals surface area (Å²) in [4.78, 5) is 14.3. The van der Waals surface area contributed by atoms with E-state index >= 15 is 0 Å². The molecular weight excluding hydrogens is 246 g/mol. The molecule has 0 radical (unpaired) electrons. The highest BCUT2D eigenvalue weighted by atomic mass is 35.5. The van der Waals surface area contributed by atoms with Gasteiger partial charge in [-0.2, -0.15) is 0 Å². The van der Waals surface area contributed by atoms with Gasteiger partial charge in [0.25, 0.3) is 0 Å². The molecule has 0 fully saturated rings. The molecule has 6 heteroatoms. The van der Waals surface area contributed by atoms with Crippen molar-refractivity contribution in [1.82, 2.24) is 10.3 Å². The topological polar surface area (TPSA) is 58.4 Å². The zero-order valence-corrected chi connectivity index (χ0v) is 10.8. The van der Waals surface area contributed by atoms with Gasteiger partial charge in [0.2, 0.25) is 5.91 Å². The number of carbonyl (C=O) groups excluding carboxylic acids is 1. The molecule has 1 amide bonds. The number of hydrogen-bond acceptors (Lipinski definition) is 4. The van der Waals surface area contributed by atoms with E-state index in [1.165, 1.54) is 4.88 Å². The summed E-state index contributed by atoms with van der Waals surface area (Å²) in [6.45, 7) is 1.73. The number of nitrogens with two attached hydrogens (primary N) is 1. The highest BCUT2D eigenvalue weighted by Crippen LogP contribution is 2.22. The third kappa shape index (κ3) is 4.94. The highest BCUT2D eigenvalue weighted by molar-refractivity contribution is 7.16. The van der Waals surface area contributed by atoms with Gasteiger partial charge in [0.05, 0.1) is 4.34 Å². The largest absolute Gasteiger partial charge is 0.301 e. The van der Waals surface area contributed by atoms with E-state index in [0.717, 1.165) is 23.8 Å². The molecule has 3 N–H and O–H groups in total. The van der Waals surface area contributed by atoms with Crippen molar-refractivity contribution < 1.29 is 4.79 Å². The molecule has 1 aromatic heterocycles. The van der Waals surface area contributed by atoms with Crippen molar-refractivity contribution in [3.05, 3.63) is 21.3 Å². The number of nitrogens with one attached hydrogen (secondary N) is 1. The number of halogens is 1. The second kappa shape index (κ2) is 6.85. The Morgan fingerprint density at radius 1 is 1.62 bits per heavy atom. The van der Waals surface area contributed by atoms with E-state index in [9.17, 15) is 4.79 Å². The molecule has 0 aliphatic carbocycles. The Hall–Kier alpha value is -0.620. The summed E-state index contributed by atoms with van der Waals surface area (Å²) in [6.07, 6.45) is 1.27. The number of rotatable bonds is 6. The first kappa shape index (κ1) is 13.4. The average molecular weight is 262 g/mol. The molecule has 0 saturated heterocycles. The fourth-order valence-electron chi connectivity index (χ4n) is 1.36. The first-order valence-corrected chi connectivity index (χ1v) is 6.23. The van der Waals surface area contributed by atoms with Gasteiger partial charge in [-0.05, 0) is 32.1 Å².